The second-order valence-corrected chi connectivity index (χ2v) is 3.85. The minimum Gasteiger partial charge on any atom is -0.300 e. The molecule has 0 unspecified atom stereocenters. The minimum absolute atomic E-state index is 0.0991. The molecule has 80 valence electrons. The van der Waals surface area contributed by atoms with E-state index in [0.717, 1.165) is 5.69 Å². The van der Waals surface area contributed by atoms with E-state index in [1.165, 1.54) is 10.9 Å². The highest BCUT2D eigenvalue weighted by atomic mass is 35.5. The lowest BCUT2D eigenvalue weighted by Gasteiger charge is -1.99. The SMILES string of the molecule is Cc1[nH]n(C)c(=O)c1-c1c(Cl)cnn1C. The molecule has 0 spiro atoms. The third kappa shape index (κ3) is 1.39. The number of aromatic nitrogens is 4. The molecule has 5 nitrogen and oxygen atoms in total. The molecule has 0 bridgehead atoms. The van der Waals surface area contributed by atoms with E-state index in [1.807, 2.05) is 6.92 Å². The Labute approximate surface area is 91.3 Å². The van der Waals surface area contributed by atoms with Gasteiger partial charge in [0, 0.05) is 19.8 Å². The second kappa shape index (κ2) is 3.27. The number of aromatic amines is 1. The maximum absolute atomic E-state index is 11.8. The van der Waals surface area contributed by atoms with Crippen molar-refractivity contribution in [2.45, 2.75) is 6.92 Å². The van der Waals surface area contributed by atoms with Crippen molar-refractivity contribution in [1.29, 1.82) is 0 Å². The average molecular weight is 227 g/mol. The number of H-pyrrole nitrogens is 1. The van der Waals surface area contributed by atoms with E-state index in [-0.39, 0.29) is 5.56 Å². The Bertz CT molecular complexity index is 544. The van der Waals surface area contributed by atoms with E-state index < -0.39 is 0 Å². The monoisotopic (exact) mass is 226 g/mol. The van der Waals surface area contributed by atoms with E-state index in [2.05, 4.69) is 10.2 Å². The van der Waals surface area contributed by atoms with Crippen LogP contribution in [0.4, 0.5) is 0 Å². The molecule has 6 heteroatoms. The fourth-order valence-electron chi connectivity index (χ4n) is 1.66. The number of hydrogen-bond donors (Lipinski definition) is 1. The zero-order valence-corrected chi connectivity index (χ0v) is 9.46. The first kappa shape index (κ1) is 10.0. The highest BCUT2D eigenvalue weighted by molar-refractivity contribution is 6.33. The first-order valence-electron chi connectivity index (χ1n) is 4.46. The molecule has 1 N–H and O–H groups in total. The van der Waals surface area contributed by atoms with Crippen LogP contribution in [0.5, 0.6) is 0 Å². The molecule has 2 aromatic rings. The summed E-state index contributed by atoms with van der Waals surface area (Å²) in [5, 5.41) is 7.41. The van der Waals surface area contributed by atoms with Crippen LogP contribution in [0.25, 0.3) is 11.3 Å². The molecule has 0 aromatic carbocycles. The van der Waals surface area contributed by atoms with Crippen LogP contribution in [0.3, 0.4) is 0 Å². The van der Waals surface area contributed by atoms with Gasteiger partial charge in [-0.25, -0.2) is 0 Å². The van der Waals surface area contributed by atoms with Crippen LogP contribution in [-0.4, -0.2) is 19.6 Å². The van der Waals surface area contributed by atoms with Crippen molar-refractivity contribution in [2.24, 2.45) is 14.1 Å². The minimum atomic E-state index is -0.0991. The Hall–Kier alpha value is -1.49. The predicted octanol–water partition coefficient (Wildman–Crippen LogP) is 1.08. The topological polar surface area (TPSA) is 55.6 Å². The third-order valence-corrected chi connectivity index (χ3v) is 2.64. The normalized spacial score (nSPS) is 10.9. The molecular formula is C9H11ClN4O. The van der Waals surface area contributed by atoms with Crippen LogP contribution in [-0.2, 0) is 14.1 Å². The zero-order valence-electron chi connectivity index (χ0n) is 8.71. The number of hydrogen-bond acceptors (Lipinski definition) is 2. The summed E-state index contributed by atoms with van der Waals surface area (Å²) in [6, 6.07) is 0. The molecule has 2 heterocycles. The van der Waals surface area contributed by atoms with Crippen LogP contribution in [0, 0.1) is 6.92 Å². The van der Waals surface area contributed by atoms with Gasteiger partial charge in [0.2, 0.25) is 0 Å². The highest BCUT2D eigenvalue weighted by Gasteiger charge is 2.17. The maximum atomic E-state index is 11.8. The molecule has 2 rings (SSSR count). The van der Waals surface area contributed by atoms with Gasteiger partial charge in [-0.2, -0.15) is 5.10 Å². The zero-order chi connectivity index (χ0) is 11.2. The Morgan fingerprint density at radius 2 is 2.13 bits per heavy atom. The summed E-state index contributed by atoms with van der Waals surface area (Å²) < 4.78 is 3.02. The number of halogens is 1. The lowest BCUT2D eigenvalue weighted by Crippen LogP contribution is -2.14. The number of nitrogens with zero attached hydrogens (tertiary/aromatic N) is 3. The van der Waals surface area contributed by atoms with E-state index in [1.54, 1.807) is 18.8 Å². The van der Waals surface area contributed by atoms with E-state index in [9.17, 15) is 4.79 Å². The number of rotatable bonds is 1. The standard InChI is InChI=1S/C9H11ClN4O/c1-5-7(9(15)14(3)12-5)8-6(10)4-11-13(8)2/h4,12H,1-3H3. The molecule has 0 atom stereocenters. The van der Waals surface area contributed by atoms with Gasteiger partial charge in [0.05, 0.1) is 22.5 Å². The Morgan fingerprint density at radius 1 is 1.47 bits per heavy atom. The highest BCUT2D eigenvalue weighted by Crippen LogP contribution is 2.25. The Morgan fingerprint density at radius 3 is 2.53 bits per heavy atom. The molecule has 0 aliphatic heterocycles. The summed E-state index contributed by atoms with van der Waals surface area (Å²) >= 11 is 5.99. The smallest absolute Gasteiger partial charge is 0.275 e. The van der Waals surface area contributed by atoms with Crippen LogP contribution in [0.1, 0.15) is 5.69 Å². The van der Waals surface area contributed by atoms with Gasteiger partial charge >= 0.3 is 0 Å². The summed E-state index contributed by atoms with van der Waals surface area (Å²) in [4.78, 5) is 11.8. The van der Waals surface area contributed by atoms with Gasteiger partial charge in [0.25, 0.3) is 5.56 Å². The lowest BCUT2D eigenvalue weighted by molar-refractivity contribution is 0.730. The van der Waals surface area contributed by atoms with Crippen molar-refractivity contribution in [2.75, 3.05) is 0 Å². The van der Waals surface area contributed by atoms with Gasteiger partial charge in [0.1, 0.15) is 0 Å². The predicted molar refractivity (Wildman–Crippen MR) is 58.0 cm³/mol. The Kier molecular flexibility index (Phi) is 2.19. The number of nitrogens with one attached hydrogen (secondary N) is 1. The van der Waals surface area contributed by atoms with Gasteiger partial charge < -0.3 is 0 Å². The summed E-state index contributed by atoms with van der Waals surface area (Å²) in [5.41, 5.74) is 1.91. The number of aryl methyl sites for hydroxylation is 3. The van der Waals surface area contributed by atoms with Crippen LogP contribution < -0.4 is 5.56 Å². The van der Waals surface area contributed by atoms with Gasteiger partial charge in [-0.15, -0.1) is 0 Å². The molecular weight excluding hydrogens is 216 g/mol. The molecule has 0 aliphatic carbocycles. The largest absolute Gasteiger partial charge is 0.300 e. The van der Waals surface area contributed by atoms with Crippen LogP contribution in [0.2, 0.25) is 5.02 Å². The molecule has 0 saturated heterocycles. The quantitative estimate of drug-likeness (QED) is 0.791. The van der Waals surface area contributed by atoms with Gasteiger partial charge in [-0.1, -0.05) is 11.6 Å². The van der Waals surface area contributed by atoms with Crippen molar-refractivity contribution >= 4 is 11.6 Å². The molecule has 0 aliphatic rings. The first-order valence-corrected chi connectivity index (χ1v) is 4.83. The van der Waals surface area contributed by atoms with Crippen molar-refractivity contribution in [3.63, 3.8) is 0 Å². The fourth-order valence-corrected chi connectivity index (χ4v) is 1.92. The first-order chi connectivity index (χ1) is 7.02. The Balaban J connectivity index is 2.80. The van der Waals surface area contributed by atoms with Gasteiger partial charge in [0.15, 0.2) is 0 Å². The second-order valence-electron chi connectivity index (χ2n) is 3.44. The molecule has 2 aromatic heterocycles. The van der Waals surface area contributed by atoms with E-state index >= 15 is 0 Å². The van der Waals surface area contributed by atoms with Crippen molar-refractivity contribution in [3.05, 3.63) is 27.3 Å². The summed E-state index contributed by atoms with van der Waals surface area (Å²) in [7, 11) is 3.43. The summed E-state index contributed by atoms with van der Waals surface area (Å²) in [6.07, 6.45) is 1.53. The van der Waals surface area contributed by atoms with Gasteiger partial charge in [-0.05, 0) is 6.92 Å². The average Bonchev–Trinajstić information content (AvgIpc) is 2.59. The molecule has 0 fully saturated rings. The van der Waals surface area contributed by atoms with Crippen molar-refractivity contribution in [3.8, 4) is 11.3 Å². The van der Waals surface area contributed by atoms with E-state index in [4.69, 9.17) is 11.6 Å². The van der Waals surface area contributed by atoms with Crippen LogP contribution in [0.15, 0.2) is 11.0 Å². The van der Waals surface area contributed by atoms with Gasteiger partial charge in [-0.3, -0.25) is 19.3 Å². The molecule has 15 heavy (non-hydrogen) atoms. The maximum Gasteiger partial charge on any atom is 0.275 e. The van der Waals surface area contributed by atoms with Crippen molar-refractivity contribution < 1.29 is 0 Å². The van der Waals surface area contributed by atoms with E-state index in [0.29, 0.717) is 16.3 Å². The molecule has 0 saturated carbocycles. The van der Waals surface area contributed by atoms with Crippen molar-refractivity contribution in [1.82, 2.24) is 19.6 Å². The third-order valence-electron chi connectivity index (χ3n) is 2.36. The van der Waals surface area contributed by atoms with Crippen LogP contribution >= 0.6 is 11.6 Å². The fraction of sp³-hybridized carbons (Fsp3) is 0.333. The summed E-state index contributed by atoms with van der Waals surface area (Å²) in [5.74, 6) is 0. The summed E-state index contributed by atoms with van der Waals surface area (Å²) in [6.45, 7) is 1.83. The molecule has 0 amide bonds. The lowest BCUT2D eigenvalue weighted by atomic mass is 10.2. The molecule has 0 radical (unpaired) electrons.